The second-order valence-electron chi connectivity index (χ2n) is 5.13. The molecule has 0 amide bonds. The quantitative estimate of drug-likeness (QED) is 0.794. The SMILES string of the molecule is O=C(O)CC1CCN(C2CCS(=O)(=O)C2)CC1. The molecule has 17 heavy (non-hydrogen) atoms. The highest BCUT2D eigenvalue weighted by molar-refractivity contribution is 7.91. The van der Waals surface area contributed by atoms with Crippen molar-refractivity contribution in [3.8, 4) is 0 Å². The van der Waals surface area contributed by atoms with Gasteiger partial charge in [-0.25, -0.2) is 8.42 Å². The lowest BCUT2D eigenvalue weighted by molar-refractivity contribution is -0.138. The van der Waals surface area contributed by atoms with Crippen molar-refractivity contribution in [3.05, 3.63) is 0 Å². The van der Waals surface area contributed by atoms with Crippen molar-refractivity contribution in [2.45, 2.75) is 31.7 Å². The molecule has 2 saturated heterocycles. The van der Waals surface area contributed by atoms with Crippen LogP contribution in [0.1, 0.15) is 25.7 Å². The van der Waals surface area contributed by atoms with Gasteiger partial charge in [0.25, 0.3) is 0 Å². The van der Waals surface area contributed by atoms with Crippen molar-refractivity contribution >= 4 is 15.8 Å². The van der Waals surface area contributed by atoms with Gasteiger partial charge in [-0.15, -0.1) is 0 Å². The number of hydrogen-bond acceptors (Lipinski definition) is 4. The Labute approximate surface area is 102 Å². The second-order valence-corrected chi connectivity index (χ2v) is 7.36. The van der Waals surface area contributed by atoms with Gasteiger partial charge >= 0.3 is 5.97 Å². The molecule has 0 aromatic heterocycles. The minimum atomic E-state index is -2.81. The van der Waals surface area contributed by atoms with Gasteiger partial charge in [0.1, 0.15) is 0 Å². The number of piperidine rings is 1. The maximum atomic E-state index is 11.4. The molecule has 6 heteroatoms. The first kappa shape index (κ1) is 12.8. The zero-order chi connectivity index (χ0) is 12.5. The van der Waals surface area contributed by atoms with Crippen LogP contribution in [0.25, 0.3) is 0 Å². The van der Waals surface area contributed by atoms with E-state index in [0.29, 0.717) is 5.75 Å². The van der Waals surface area contributed by atoms with Crippen LogP contribution in [0, 0.1) is 5.92 Å². The lowest BCUT2D eigenvalue weighted by atomic mass is 9.93. The monoisotopic (exact) mass is 261 g/mol. The molecular weight excluding hydrogens is 242 g/mol. The average molecular weight is 261 g/mol. The Bertz CT molecular complexity index is 384. The van der Waals surface area contributed by atoms with Gasteiger partial charge in [0.2, 0.25) is 0 Å². The van der Waals surface area contributed by atoms with Crippen molar-refractivity contribution in [1.82, 2.24) is 4.90 Å². The lowest BCUT2D eigenvalue weighted by Crippen LogP contribution is -2.42. The number of carboxylic acid groups (broad SMARTS) is 1. The first-order valence-corrected chi connectivity index (χ1v) is 7.95. The summed E-state index contributed by atoms with van der Waals surface area (Å²) in [6.45, 7) is 1.69. The first-order chi connectivity index (χ1) is 7.96. The molecule has 0 radical (unpaired) electrons. The molecule has 0 aliphatic carbocycles. The minimum absolute atomic E-state index is 0.172. The van der Waals surface area contributed by atoms with E-state index in [1.165, 1.54) is 0 Å². The Hall–Kier alpha value is -0.620. The Morgan fingerprint density at radius 1 is 1.24 bits per heavy atom. The molecular formula is C11H19NO4S. The summed E-state index contributed by atoms with van der Waals surface area (Å²) in [6.07, 6.45) is 2.74. The van der Waals surface area contributed by atoms with Crippen molar-refractivity contribution in [2.75, 3.05) is 24.6 Å². The minimum Gasteiger partial charge on any atom is -0.481 e. The Kier molecular flexibility index (Phi) is 3.73. The predicted octanol–water partition coefficient (Wildman–Crippen LogP) is 0.360. The van der Waals surface area contributed by atoms with Crippen molar-refractivity contribution in [1.29, 1.82) is 0 Å². The fourth-order valence-electron chi connectivity index (χ4n) is 2.83. The average Bonchev–Trinajstić information content (AvgIpc) is 2.59. The molecule has 0 saturated carbocycles. The van der Waals surface area contributed by atoms with E-state index in [4.69, 9.17) is 5.11 Å². The summed E-state index contributed by atoms with van der Waals surface area (Å²) in [7, 11) is -2.81. The van der Waals surface area contributed by atoms with E-state index in [1.807, 2.05) is 0 Å². The molecule has 2 fully saturated rings. The fraction of sp³-hybridized carbons (Fsp3) is 0.909. The van der Waals surface area contributed by atoms with Crippen LogP contribution in [0.15, 0.2) is 0 Å². The molecule has 5 nitrogen and oxygen atoms in total. The second kappa shape index (κ2) is 4.94. The number of nitrogens with zero attached hydrogens (tertiary/aromatic N) is 1. The highest BCUT2D eigenvalue weighted by atomic mass is 32.2. The predicted molar refractivity (Wildman–Crippen MR) is 63.6 cm³/mol. The van der Waals surface area contributed by atoms with Gasteiger partial charge in [0.05, 0.1) is 11.5 Å². The highest BCUT2D eigenvalue weighted by Gasteiger charge is 2.34. The van der Waals surface area contributed by atoms with Gasteiger partial charge in [0, 0.05) is 12.5 Å². The van der Waals surface area contributed by atoms with E-state index in [0.717, 1.165) is 32.4 Å². The summed E-state index contributed by atoms with van der Waals surface area (Å²) in [5, 5.41) is 8.72. The van der Waals surface area contributed by atoms with Gasteiger partial charge in [-0.1, -0.05) is 0 Å². The third kappa shape index (κ3) is 3.42. The molecule has 0 bridgehead atoms. The lowest BCUT2D eigenvalue weighted by Gasteiger charge is -2.35. The van der Waals surface area contributed by atoms with E-state index >= 15 is 0 Å². The van der Waals surface area contributed by atoms with E-state index < -0.39 is 15.8 Å². The maximum Gasteiger partial charge on any atom is 0.303 e. The fourth-order valence-corrected chi connectivity index (χ4v) is 4.59. The summed E-state index contributed by atoms with van der Waals surface area (Å²) in [5.74, 6) is 0.136. The van der Waals surface area contributed by atoms with E-state index in [-0.39, 0.29) is 24.1 Å². The molecule has 2 aliphatic rings. The summed E-state index contributed by atoms with van der Waals surface area (Å²) in [4.78, 5) is 12.8. The van der Waals surface area contributed by atoms with Crippen LogP contribution in [0.4, 0.5) is 0 Å². The van der Waals surface area contributed by atoms with Crippen molar-refractivity contribution in [2.24, 2.45) is 5.92 Å². The van der Waals surface area contributed by atoms with Crippen molar-refractivity contribution < 1.29 is 18.3 Å². The number of likely N-dealkylation sites (tertiary alicyclic amines) is 1. The molecule has 98 valence electrons. The smallest absolute Gasteiger partial charge is 0.303 e. The Morgan fingerprint density at radius 3 is 2.35 bits per heavy atom. The third-order valence-electron chi connectivity index (χ3n) is 3.84. The van der Waals surface area contributed by atoms with Gasteiger partial charge < -0.3 is 5.11 Å². The van der Waals surface area contributed by atoms with Crippen LogP contribution >= 0.6 is 0 Å². The molecule has 1 atom stereocenters. The maximum absolute atomic E-state index is 11.4. The van der Waals surface area contributed by atoms with E-state index in [2.05, 4.69) is 4.90 Å². The summed E-state index contributed by atoms with van der Waals surface area (Å²) in [6, 6.07) is 0.172. The van der Waals surface area contributed by atoms with E-state index in [1.54, 1.807) is 0 Å². The Morgan fingerprint density at radius 2 is 1.88 bits per heavy atom. The molecule has 2 heterocycles. The zero-order valence-corrected chi connectivity index (χ0v) is 10.7. The largest absolute Gasteiger partial charge is 0.481 e. The van der Waals surface area contributed by atoms with Crippen LogP contribution in [-0.4, -0.2) is 55.0 Å². The molecule has 0 spiro atoms. The number of rotatable bonds is 3. The van der Waals surface area contributed by atoms with Gasteiger partial charge in [-0.05, 0) is 38.3 Å². The topological polar surface area (TPSA) is 74.7 Å². The number of carboxylic acids is 1. The normalized spacial score (nSPS) is 30.5. The Balaban J connectivity index is 1.81. The van der Waals surface area contributed by atoms with Crippen molar-refractivity contribution in [3.63, 3.8) is 0 Å². The molecule has 2 aliphatic heterocycles. The highest BCUT2D eigenvalue weighted by Crippen LogP contribution is 2.25. The number of hydrogen-bond donors (Lipinski definition) is 1. The standard InChI is InChI=1S/C11H19NO4S/c13-11(14)7-9-1-4-12(5-2-9)10-3-6-17(15,16)8-10/h9-10H,1-8H2,(H,13,14). The molecule has 0 aromatic rings. The van der Waals surface area contributed by atoms with Gasteiger partial charge in [0.15, 0.2) is 9.84 Å². The van der Waals surface area contributed by atoms with Gasteiger partial charge in [-0.3, -0.25) is 9.69 Å². The first-order valence-electron chi connectivity index (χ1n) is 6.12. The van der Waals surface area contributed by atoms with Crippen LogP contribution in [0.3, 0.4) is 0 Å². The van der Waals surface area contributed by atoms with Crippen LogP contribution in [-0.2, 0) is 14.6 Å². The third-order valence-corrected chi connectivity index (χ3v) is 5.59. The zero-order valence-electron chi connectivity index (χ0n) is 9.84. The molecule has 2 rings (SSSR count). The molecule has 1 unspecified atom stereocenters. The summed E-state index contributed by atoms with van der Waals surface area (Å²) in [5.41, 5.74) is 0. The molecule has 0 aromatic carbocycles. The number of aliphatic carboxylic acids is 1. The van der Waals surface area contributed by atoms with Gasteiger partial charge in [-0.2, -0.15) is 0 Å². The number of sulfone groups is 1. The number of carbonyl (C=O) groups is 1. The van der Waals surface area contributed by atoms with Crippen LogP contribution < -0.4 is 0 Å². The van der Waals surface area contributed by atoms with Crippen LogP contribution in [0.2, 0.25) is 0 Å². The summed E-state index contributed by atoms with van der Waals surface area (Å²) >= 11 is 0. The van der Waals surface area contributed by atoms with Crippen LogP contribution in [0.5, 0.6) is 0 Å². The summed E-state index contributed by atoms with van der Waals surface area (Å²) < 4.78 is 22.8. The molecule has 1 N–H and O–H groups in total. The van der Waals surface area contributed by atoms with E-state index in [9.17, 15) is 13.2 Å².